The van der Waals surface area contributed by atoms with Gasteiger partial charge in [-0.15, -0.1) is 11.3 Å². The lowest BCUT2D eigenvalue weighted by Gasteiger charge is -2.06. The van der Waals surface area contributed by atoms with Crippen molar-refractivity contribution in [1.29, 1.82) is 0 Å². The molecule has 2 aromatic rings. The summed E-state index contributed by atoms with van der Waals surface area (Å²) >= 11 is 1.56. The number of thiophene rings is 1. The van der Waals surface area contributed by atoms with Gasteiger partial charge in [-0.1, -0.05) is 17.9 Å². The third kappa shape index (κ3) is 3.57. The van der Waals surface area contributed by atoms with Gasteiger partial charge in [-0.25, -0.2) is 4.39 Å². The van der Waals surface area contributed by atoms with Crippen LogP contribution in [0.4, 0.5) is 4.39 Å². The highest BCUT2D eigenvalue weighted by molar-refractivity contribution is 7.10. The van der Waals surface area contributed by atoms with E-state index in [1.54, 1.807) is 30.4 Å². The van der Waals surface area contributed by atoms with Crippen molar-refractivity contribution in [2.75, 3.05) is 6.54 Å². The predicted octanol–water partition coefficient (Wildman–Crippen LogP) is 3.08. The first-order valence-corrected chi connectivity index (χ1v) is 6.73. The van der Waals surface area contributed by atoms with Crippen LogP contribution in [-0.2, 0) is 6.61 Å². The van der Waals surface area contributed by atoms with Gasteiger partial charge < -0.3 is 10.5 Å². The molecule has 0 aliphatic carbocycles. The van der Waals surface area contributed by atoms with Crippen molar-refractivity contribution in [2.45, 2.75) is 13.5 Å². The van der Waals surface area contributed by atoms with E-state index in [0.29, 0.717) is 24.5 Å². The lowest BCUT2D eigenvalue weighted by molar-refractivity contribution is 0.308. The molecule has 0 unspecified atom stereocenters. The number of halogens is 1. The quantitative estimate of drug-likeness (QED) is 0.874. The molecule has 0 amide bonds. The number of hydrogen-bond donors (Lipinski definition) is 1. The van der Waals surface area contributed by atoms with Crippen molar-refractivity contribution in [3.63, 3.8) is 0 Å². The first-order chi connectivity index (χ1) is 9.20. The Hall–Kier alpha value is -1.83. The fourth-order valence-electron chi connectivity index (χ4n) is 1.52. The van der Waals surface area contributed by atoms with Crippen molar-refractivity contribution < 1.29 is 9.13 Å². The van der Waals surface area contributed by atoms with E-state index in [1.807, 2.05) is 11.4 Å². The van der Waals surface area contributed by atoms with Gasteiger partial charge in [0.15, 0.2) is 0 Å². The Morgan fingerprint density at radius 3 is 2.95 bits per heavy atom. The zero-order valence-electron chi connectivity index (χ0n) is 10.6. The van der Waals surface area contributed by atoms with Gasteiger partial charge in [0.2, 0.25) is 0 Å². The highest BCUT2D eigenvalue weighted by Gasteiger charge is 2.04. The molecule has 0 atom stereocenters. The van der Waals surface area contributed by atoms with Crippen LogP contribution in [0.2, 0.25) is 0 Å². The summed E-state index contributed by atoms with van der Waals surface area (Å²) < 4.78 is 19.0. The normalized spacial score (nSPS) is 9.84. The highest BCUT2D eigenvalue weighted by atomic mass is 32.1. The minimum absolute atomic E-state index is 0.258. The summed E-state index contributed by atoms with van der Waals surface area (Å²) in [5.41, 5.74) is 6.88. The highest BCUT2D eigenvalue weighted by Crippen LogP contribution is 2.21. The average molecular weight is 275 g/mol. The van der Waals surface area contributed by atoms with Crippen molar-refractivity contribution in [3.8, 4) is 17.6 Å². The fourth-order valence-corrected chi connectivity index (χ4v) is 2.26. The minimum atomic E-state index is -0.258. The van der Waals surface area contributed by atoms with Gasteiger partial charge in [-0.05, 0) is 30.0 Å². The summed E-state index contributed by atoms with van der Waals surface area (Å²) in [4.78, 5) is 1.02. The van der Waals surface area contributed by atoms with E-state index in [1.165, 1.54) is 6.07 Å². The van der Waals surface area contributed by atoms with Crippen LogP contribution in [-0.4, -0.2) is 6.54 Å². The van der Waals surface area contributed by atoms with Gasteiger partial charge >= 0.3 is 0 Å². The molecule has 0 spiro atoms. The molecule has 4 heteroatoms. The summed E-state index contributed by atoms with van der Waals surface area (Å²) in [6, 6.07) is 6.79. The molecule has 19 heavy (non-hydrogen) atoms. The van der Waals surface area contributed by atoms with Crippen LogP contribution in [0.15, 0.2) is 29.6 Å². The first kappa shape index (κ1) is 13.6. The number of nitrogens with two attached hydrogens (primary N) is 1. The van der Waals surface area contributed by atoms with Crippen molar-refractivity contribution in [1.82, 2.24) is 0 Å². The average Bonchev–Trinajstić information content (AvgIpc) is 2.85. The lowest BCUT2D eigenvalue weighted by atomic mass is 10.2. The first-order valence-electron chi connectivity index (χ1n) is 5.85. The molecule has 0 radical (unpaired) electrons. The van der Waals surface area contributed by atoms with E-state index < -0.39 is 0 Å². The monoisotopic (exact) mass is 275 g/mol. The maximum Gasteiger partial charge on any atom is 0.129 e. The smallest absolute Gasteiger partial charge is 0.129 e. The van der Waals surface area contributed by atoms with E-state index in [0.717, 1.165) is 10.4 Å². The van der Waals surface area contributed by atoms with Gasteiger partial charge in [0.1, 0.15) is 18.2 Å². The molecule has 1 aromatic heterocycles. The van der Waals surface area contributed by atoms with E-state index in [2.05, 4.69) is 11.8 Å². The molecule has 2 N–H and O–H groups in total. The van der Waals surface area contributed by atoms with E-state index in [9.17, 15) is 4.39 Å². The summed E-state index contributed by atoms with van der Waals surface area (Å²) in [7, 11) is 0. The Bertz CT molecular complexity index is 625. The molecule has 0 aliphatic heterocycles. The van der Waals surface area contributed by atoms with Crippen LogP contribution in [0.5, 0.6) is 5.75 Å². The number of rotatable bonds is 3. The Morgan fingerprint density at radius 2 is 2.21 bits per heavy atom. The second kappa shape index (κ2) is 6.37. The standard InChI is InChI=1S/C15H14FNOS/c1-11-4-5-13(9-14(11)16)18-10-15-12(3-2-7-17)6-8-19-15/h4-6,8-9H,7,10,17H2,1H3. The SMILES string of the molecule is Cc1ccc(OCc2sccc2C#CCN)cc1F. The molecule has 1 heterocycles. The summed E-state index contributed by atoms with van der Waals surface area (Å²) in [6.45, 7) is 2.44. The fraction of sp³-hybridized carbons (Fsp3) is 0.200. The second-order valence-electron chi connectivity index (χ2n) is 3.96. The van der Waals surface area contributed by atoms with Crippen LogP contribution in [0.3, 0.4) is 0 Å². The largest absolute Gasteiger partial charge is 0.488 e. The summed E-state index contributed by atoms with van der Waals surface area (Å²) in [6.07, 6.45) is 0. The lowest BCUT2D eigenvalue weighted by Crippen LogP contribution is -1.97. The Kier molecular flexibility index (Phi) is 4.56. The topological polar surface area (TPSA) is 35.2 Å². The van der Waals surface area contributed by atoms with Gasteiger partial charge in [0.05, 0.1) is 11.4 Å². The molecule has 1 aromatic carbocycles. The molecule has 0 fully saturated rings. The van der Waals surface area contributed by atoms with E-state index >= 15 is 0 Å². The molecule has 2 rings (SSSR count). The number of aryl methyl sites for hydroxylation is 1. The van der Waals surface area contributed by atoms with Crippen LogP contribution >= 0.6 is 11.3 Å². The van der Waals surface area contributed by atoms with Crippen LogP contribution in [0, 0.1) is 24.6 Å². The summed E-state index contributed by atoms with van der Waals surface area (Å²) in [5, 5.41) is 1.95. The van der Waals surface area contributed by atoms with Gasteiger partial charge in [-0.2, -0.15) is 0 Å². The molecule has 2 nitrogen and oxygen atoms in total. The minimum Gasteiger partial charge on any atom is -0.488 e. The Morgan fingerprint density at radius 1 is 1.37 bits per heavy atom. The van der Waals surface area contributed by atoms with Gasteiger partial charge in [0.25, 0.3) is 0 Å². The number of benzene rings is 1. The van der Waals surface area contributed by atoms with E-state index in [4.69, 9.17) is 10.5 Å². The van der Waals surface area contributed by atoms with Crippen molar-refractivity contribution in [2.24, 2.45) is 5.73 Å². The molecule has 98 valence electrons. The predicted molar refractivity (Wildman–Crippen MR) is 75.7 cm³/mol. The molecule has 0 bridgehead atoms. The second-order valence-corrected chi connectivity index (χ2v) is 4.96. The summed E-state index contributed by atoms with van der Waals surface area (Å²) in [5.74, 6) is 6.07. The van der Waals surface area contributed by atoms with E-state index in [-0.39, 0.29) is 5.82 Å². The Labute approximate surface area is 116 Å². The molecule has 0 saturated heterocycles. The zero-order chi connectivity index (χ0) is 13.7. The number of hydrogen-bond acceptors (Lipinski definition) is 3. The third-order valence-corrected chi connectivity index (χ3v) is 3.48. The number of ether oxygens (including phenoxy) is 1. The molecule has 0 saturated carbocycles. The van der Waals surface area contributed by atoms with Crippen LogP contribution in [0.25, 0.3) is 0 Å². The zero-order valence-corrected chi connectivity index (χ0v) is 11.4. The van der Waals surface area contributed by atoms with Crippen LogP contribution in [0.1, 0.15) is 16.0 Å². The molecular formula is C15H14FNOS. The van der Waals surface area contributed by atoms with Gasteiger partial charge in [0, 0.05) is 11.6 Å². The maximum absolute atomic E-state index is 13.4. The van der Waals surface area contributed by atoms with Crippen molar-refractivity contribution in [3.05, 3.63) is 51.5 Å². The van der Waals surface area contributed by atoms with Crippen LogP contribution < -0.4 is 10.5 Å². The van der Waals surface area contributed by atoms with Gasteiger partial charge in [-0.3, -0.25) is 0 Å². The molecule has 0 aliphatic rings. The Balaban J connectivity index is 2.06. The van der Waals surface area contributed by atoms with Crippen molar-refractivity contribution >= 4 is 11.3 Å². The maximum atomic E-state index is 13.4. The third-order valence-electron chi connectivity index (χ3n) is 2.58. The molecular weight excluding hydrogens is 261 g/mol.